The second kappa shape index (κ2) is 7.45. The molecule has 21 heavy (non-hydrogen) atoms. The number of hydrogen-bond acceptors (Lipinski definition) is 3. The molecular formula is C17H20N2O2. The minimum Gasteiger partial charge on any atom is -0.394 e. The molecule has 110 valence electrons. The molecule has 0 radical (unpaired) electrons. The topological polar surface area (TPSA) is 52.6 Å². The number of nitrogens with one attached hydrogen (secondary N) is 1. The van der Waals surface area contributed by atoms with Crippen molar-refractivity contribution in [3.63, 3.8) is 0 Å². The highest BCUT2D eigenvalue weighted by atomic mass is 16.3. The van der Waals surface area contributed by atoms with E-state index >= 15 is 0 Å². The molecule has 4 heteroatoms. The van der Waals surface area contributed by atoms with E-state index in [9.17, 15) is 9.90 Å². The predicted molar refractivity (Wildman–Crippen MR) is 84.1 cm³/mol. The Kier molecular flexibility index (Phi) is 5.35. The van der Waals surface area contributed by atoms with Crippen LogP contribution in [0.4, 0.5) is 5.69 Å². The second-order valence-corrected chi connectivity index (χ2v) is 4.90. The van der Waals surface area contributed by atoms with Gasteiger partial charge in [-0.25, -0.2) is 0 Å². The van der Waals surface area contributed by atoms with Crippen LogP contribution < -0.4 is 10.2 Å². The number of amides is 1. The molecule has 0 saturated carbocycles. The molecule has 0 aliphatic rings. The van der Waals surface area contributed by atoms with Crippen molar-refractivity contribution in [2.45, 2.75) is 6.04 Å². The predicted octanol–water partition coefficient (Wildman–Crippen LogP) is 1.97. The first-order chi connectivity index (χ1) is 10.2. The molecule has 0 aliphatic carbocycles. The third kappa shape index (κ3) is 4.33. The largest absolute Gasteiger partial charge is 0.394 e. The summed E-state index contributed by atoms with van der Waals surface area (Å²) in [5.41, 5.74) is 1.88. The molecule has 0 saturated heterocycles. The van der Waals surface area contributed by atoms with Gasteiger partial charge < -0.3 is 15.3 Å². The van der Waals surface area contributed by atoms with Crippen LogP contribution in [0.2, 0.25) is 0 Å². The SMILES string of the molecule is CN(CC(=O)NC(CO)c1ccccc1)c1ccccc1. The molecule has 2 aromatic carbocycles. The van der Waals surface area contributed by atoms with Crippen molar-refractivity contribution in [2.24, 2.45) is 0 Å². The Hall–Kier alpha value is -2.33. The standard InChI is InChI=1S/C17H20N2O2/c1-19(15-10-6-3-7-11-15)12-17(21)18-16(13-20)14-8-4-2-5-9-14/h2-11,16,20H,12-13H2,1H3,(H,18,21). The van der Waals surface area contributed by atoms with Crippen LogP contribution in [-0.4, -0.2) is 31.2 Å². The van der Waals surface area contributed by atoms with Crippen molar-refractivity contribution in [3.05, 3.63) is 66.2 Å². The fourth-order valence-electron chi connectivity index (χ4n) is 2.15. The first-order valence-electron chi connectivity index (χ1n) is 6.92. The lowest BCUT2D eigenvalue weighted by Crippen LogP contribution is -2.38. The summed E-state index contributed by atoms with van der Waals surface area (Å²) < 4.78 is 0. The van der Waals surface area contributed by atoms with Crippen molar-refractivity contribution in [1.82, 2.24) is 5.32 Å². The Labute approximate surface area is 125 Å². The molecule has 1 amide bonds. The van der Waals surface area contributed by atoms with Crippen LogP contribution in [0.1, 0.15) is 11.6 Å². The Morgan fingerprint density at radius 1 is 1.10 bits per heavy atom. The van der Waals surface area contributed by atoms with Crippen molar-refractivity contribution in [2.75, 3.05) is 25.1 Å². The smallest absolute Gasteiger partial charge is 0.240 e. The highest BCUT2D eigenvalue weighted by molar-refractivity contribution is 5.81. The fraction of sp³-hybridized carbons (Fsp3) is 0.235. The normalized spacial score (nSPS) is 11.7. The molecule has 0 spiro atoms. The maximum absolute atomic E-state index is 12.1. The van der Waals surface area contributed by atoms with Crippen LogP contribution in [0.25, 0.3) is 0 Å². The molecule has 4 nitrogen and oxygen atoms in total. The number of aliphatic hydroxyl groups is 1. The van der Waals surface area contributed by atoms with Crippen LogP contribution in [-0.2, 0) is 4.79 Å². The zero-order chi connectivity index (χ0) is 15.1. The van der Waals surface area contributed by atoms with E-state index in [4.69, 9.17) is 0 Å². The molecule has 2 rings (SSSR count). The van der Waals surface area contributed by atoms with Crippen LogP contribution in [0, 0.1) is 0 Å². The Morgan fingerprint density at radius 2 is 1.67 bits per heavy atom. The van der Waals surface area contributed by atoms with Gasteiger partial charge in [-0.2, -0.15) is 0 Å². The number of anilines is 1. The minimum absolute atomic E-state index is 0.120. The minimum atomic E-state index is -0.372. The van der Waals surface area contributed by atoms with E-state index in [1.54, 1.807) is 0 Å². The van der Waals surface area contributed by atoms with E-state index in [2.05, 4.69) is 5.32 Å². The number of benzene rings is 2. The number of likely N-dealkylation sites (N-methyl/N-ethyl adjacent to an activating group) is 1. The number of para-hydroxylation sites is 1. The zero-order valence-corrected chi connectivity index (χ0v) is 12.1. The maximum Gasteiger partial charge on any atom is 0.240 e. The summed E-state index contributed by atoms with van der Waals surface area (Å²) in [5.74, 6) is -0.121. The molecule has 0 bridgehead atoms. The third-order valence-corrected chi connectivity index (χ3v) is 3.30. The average Bonchev–Trinajstić information content (AvgIpc) is 2.54. The van der Waals surface area contributed by atoms with Crippen molar-refractivity contribution in [3.8, 4) is 0 Å². The Balaban J connectivity index is 1.94. The lowest BCUT2D eigenvalue weighted by atomic mass is 10.1. The maximum atomic E-state index is 12.1. The molecule has 1 atom stereocenters. The summed E-state index contributed by atoms with van der Waals surface area (Å²) in [7, 11) is 1.87. The molecule has 0 fully saturated rings. The molecular weight excluding hydrogens is 264 g/mol. The van der Waals surface area contributed by atoms with Gasteiger partial charge in [0.15, 0.2) is 0 Å². The van der Waals surface area contributed by atoms with Gasteiger partial charge >= 0.3 is 0 Å². The molecule has 2 N–H and O–H groups in total. The van der Waals surface area contributed by atoms with Gasteiger partial charge in [-0.15, -0.1) is 0 Å². The second-order valence-electron chi connectivity index (χ2n) is 4.90. The van der Waals surface area contributed by atoms with Gasteiger partial charge in [0, 0.05) is 12.7 Å². The number of carbonyl (C=O) groups excluding carboxylic acids is 1. The van der Waals surface area contributed by atoms with Crippen LogP contribution >= 0.6 is 0 Å². The average molecular weight is 284 g/mol. The van der Waals surface area contributed by atoms with E-state index < -0.39 is 0 Å². The van der Waals surface area contributed by atoms with Gasteiger partial charge in [-0.3, -0.25) is 4.79 Å². The van der Waals surface area contributed by atoms with Gasteiger partial charge in [0.05, 0.1) is 19.2 Å². The summed E-state index contributed by atoms with van der Waals surface area (Å²) in [6.45, 7) is 0.123. The number of hydrogen-bond donors (Lipinski definition) is 2. The van der Waals surface area contributed by atoms with Crippen molar-refractivity contribution >= 4 is 11.6 Å². The summed E-state index contributed by atoms with van der Waals surface area (Å²) in [6.07, 6.45) is 0. The van der Waals surface area contributed by atoms with E-state index in [0.29, 0.717) is 0 Å². The summed E-state index contributed by atoms with van der Waals surface area (Å²) >= 11 is 0. The van der Waals surface area contributed by atoms with Crippen molar-refractivity contribution in [1.29, 1.82) is 0 Å². The molecule has 0 aliphatic heterocycles. The monoisotopic (exact) mass is 284 g/mol. The molecule has 0 heterocycles. The number of carbonyl (C=O) groups is 1. The highest BCUT2D eigenvalue weighted by Crippen LogP contribution is 2.13. The molecule has 2 aromatic rings. The Bertz CT molecular complexity index is 558. The first kappa shape index (κ1) is 15.1. The van der Waals surface area contributed by atoms with Gasteiger partial charge in [0.1, 0.15) is 0 Å². The summed E-state index contributed by atoms with van der Waals surface area (Å²) in [6, 6.07) is 18.8. The van der Waals surface area contributed by atoms with Crippen molar-refractivity contribution < 1.29 is 9.90 Å². The summed E-state index contributed by atoms with van der Waals surface area (Å²) in [5, 5.41) is 12.3. The van der Waals surface area contributed by atoms with Crippen LogP contribution in [0.15, 0.2) is 60.7 Å². The lowest BCUT2D eigenvalue weighted by Gasteiger charge is -2.21. The van der Waals surface area contributed by atoms with Crippen LogP contribution in [0.3, 0.4) is 0 Å². The van der Waals surface area contributed by atoms with Gasteiger partial charge in [-0.1, -0.05) is 48.5 Å². The number of nitrogens with zero attached hydrogens (tertiary/aromatic N) is 1. The lowest BCUT2D eigenvalue weighted by molar-refractivity contribution is -0.120. The van der Waals surface area contributed by atoms with Gasteiger partial charge in [0.2, 0.25) is 5.91 Å². The number of aliphatic hydroxyl groups excluding tert-OH is 1. The van der Waals surface area contributed by atoms with Crippen LogP contribution in [0.5, 0.6) is 0 Å². The summed E-state index contributed by atoms with van der Waals surface area (Å²) in [4.78, 5) is 14.0. The third-order valence-electron chi connectivity index (χ3n) is 3.30. The quantitative estimate of drug-likeness (QED) is 0.853. The van der Waals surface area contributed by atoms with Gasteiger partial charge in [0.25, 0.3) is 0 Å². The van der Waals surface area contributed by atoms with Gasteiger partial charge in [-0.05, 0) is 17.7 Å². The van der Waals surface area contributed by atoms with E-state index in [0.717, 1.165) is 11.3 Å². The highest BCUT2D eigenvalue weighted by Gasteiger charge is 2.14. The zero-order valence-electron chi connectivity index (χ0n) is 12.1. The van der Waals surface area contributed by atoms with E-state index in [-0.39, 0.29) is 25.1 Å². The molecule has 0 aromatic heterocycles. The number of rotatable bonds is 6. The fourth-order valence-corrected chi connectivity index (χ4v) is 2.15. The van der Waals surface area contributed by atoms with E-state index in [1.807, 2.05) is 72.6 Å². The molecule has 1 unspecified atom stereocenters. The first-order valence-corrected chi connectivity index (χ1v) is 6.92. The Morgan fingerprint density at radius 3 is 2.24 bits per heavy atom. The van der Waals surface area contributed by atoms with E-state index in [1.165, 1.54) is 0 Å².